The van der Waals surface area contributed by atoms with Gasteiger partial charge in [0, 0.05) is 11.6 Å². The van der Waals surface area contributed by atoms with Crippen LogP contribution in [0.5, 0.6) is 0 Å². The molecule has 4 rings (SSSR count). The summed E-state index contributed by atoms with van der Waals surface area (Å²) in [5.74, 6) is 1.78. The topological polar surface area (TPSA) is 43.8 Å². The lowest BCUT2D eigenvalue weighted by molar-refractivity contribution is 0.892. The molecule has 2 aromatic carbocycles. The van der Waals surface area contributed by atoms with Crippen LogP contribution in [0.4, 0.5) is 5.69 Å². The highest BCUT2D eigenvalue weighted by molar-refractivity contribution is 5.82. The van der Waals surface area contributed by atoms with E-state index in [-0.39, 0.29) is 0 Å². The third-order valence-electron chi connectivity index (χ3n) is 4.00. The minimum Gasteiger partial charge on any atom is -0.399 e. The number of nitrogen functional groups attached to an aromatic ring is 1. The molecule has 0 atom stereocenters. The summed E-state index contributed by atoms with van der Waals surface area (Å²) in [6.45, 7) is 2.15. The largest absolute Gasteiger partial charge is 0.399 e. The monoisotopic (exact) mass is 263 g/mol. The second-order valence-electron chi connectivity index (χ2n) is 5.61. The van der Waals surface area contributed by atoms with Crippen LogP contribution in [-0.4, -0.2) is 9.55 Å². The predicted octanol–water partition coefficient (Wildman–Crippen LogP) is 3.79. The molecule has 3 nitrogen and oxygen atoms in total. The van der Waals surface area contributed by atoms with E-state index < -0.39 is 0 Å². The van der Waals surface area contributed by atoms with E-state index in [0.29, 0.717) is 5.92 Å². The molecule has 0 spiro atoms. The first-order chi connectivity index (χ1) is 9.74. The summed E-state index contributed by atoms with van der Waals surface area (Å²) in [4.78, 5) is 4.84. The van der Waals surface area contributed by atoms with E-state index in [2.05, 4.69) is 41.8 Å². The smallest absolute Gasteiger partial charge is 0.117 e. The van der Waals surface area contributed by atoms with E-state index in [1.54, 1.807) is 0 Å². The van der Waals surface area contributed by atoms with Crippen molar-refractivity contribution in [2.24, 2.45) is 0 Å². The van der Waals surface area contributed by atoms with Crippen molar-refractivity contribution in [1.29, 1.82) is 0 Å². The molecule has 2 N–H and O–H groups in total. The Bertz CT molecular complexity index is 797. The van der Waals surface area contributed by atoms with Gasteiger partial charge in [0.2, 0.25) is 0 Å². The fourth-order valence-electron chi connectivity index (χ4n) is 2.80. The van der Waals surface area contributed by atoms with E-state index in [1.807, 2.05) is 12.1 Å². The molecule has 3 heteroatoms. The second-order valence-corrected chi connectivity index (χ2v) is 5.61. The molecule has 0 amide bonds. The number of imidazole rings is 1. The van der Waals surface area contributed by atoms with Crippen LogP contribution < -0.4 is 5.73 Å². The van der Waals surface area contributed by atoms with Crippen LogP contribution in [0.2, 0.25) is 0 Å². The highest BCUT2D eigenvalue weighted by Gasteiger charge is 2.30. The van der Waals surface area contributed by atoms with Crippen LogP contribution in [0.3, 0.4) is 0 Å². The molecule has 0 aliphatic heterocycles. The summed E-state index contributed by atoms with van der Waals surface area (Å²) in [6.07, 6.45) is 2.48. The van der Waals surface area contributed by atoms with E-state index in [0.717, 1.165) is 16.7 Å². The van der Waals surface area contributed by atoms with Crippen molar-refractivity contribution in [2.75, 3.05) is 5.73 Å². The van der Waals surface area contributed by atoms with Crippen LogP contribution >= 0.6 is 0 Å². The molecule has 0 radical (unpaired) electrons. The highest BCUT2D eigenvalue weighted by Crippen LogP contribution is 2.42. The number of fused-ring (bicyclic) bond motifs is 1. The molecule has 3 aromatic rings. The van der Waals surface area contributed by atoms with Crippen LogP contribution in [-0.2, 0) is 0 Å². The molecule has 1 aliphatic rings. The van der Waals surface area contributed by atoms with Gasteiger partial charge in [0.1, 0.15) is 5.82 Å². The number of aryl methyl sites for hydroxylation is 1. The number of rotatable bonds is 2. The number of nitrogens with zero attached hydrogens (tertiary/aromatic N) is 2. The maximum atomic E-state index is 5.89. The maximum absolute atomic E-state index is 5.89. The lowest BCUT2D eigenvalue weighted by Crippen LogP contribution is -2.01. The lowest BCUT2D eigenvalue weighted by Gasteiger charge is -2.11. The molecular formula is C17H17N3. The first kappa shape index (κ1) is 11.5. The molecular weight excluding hydrogens is 246 g/mol. The van der Waals surface area contributed by atoms with Gasteiger partial charge >= 0.3 is 0 Å². The highest BCUT2D eigenvalue weighted by atomic mass is 15.1. The Morgan fingerprint density at radius 1 is 1.15 bits per heavy atom. The molecule has 1 heterocycles. The van der Waals surface area contributed by atoms with Crippen molar-refractivity contribution in [3.8, 4) is 5.69 Å². The summed E-state index contributed by atoms with van der Waals surface area (Å²) in [7, 11) is 0. The van der Waals surface area contributed by atoms with E-state index in [9.17, 15) is 0 Å². The third kappa shape index (κ3) is 1.70. The van der Waals surface area contributed by atoms with Crippen molar-refractivity contribution in [3.05, 3.63) is 53.9 Å². The number of anilines is 1. The van der Waals surface area contributed by atoms with E-state index >= 15 is 0 Å². The zero-order chi connectivity index (χ0) is 13.7. The van der Waals surface area contributed by atoms with Gasteiger partial charge in [-0.15, -0.1) is 0 Å². The summed E-state index contributed by atoms with van der Waals surface area (Å²) in [5.41, 5.74) is 11.3. The molecule has 0 saturated heterocycles. The first-order valence-electron chi connectivity index (χ1n) is 7.08. The quantitative estimate of drug-likeness (QED) is 0.715. The third-order valence-corrected chi connectivity index (χ3v) is 4.00. The Morgan fingerprint density at radius 3 is 2.70 bits per heavy atom. The number of para-hydroxylation sites is 1. The first-order valence-corrected chi connectivity index (χ1v) is 7.08. The van der Waals surface area contributed by atoms with Gasteiger partial charge in [-0.2, -0.15) is 0 Å². The van der Waals surface area contributed by atoms with E-state index in [4.69, 9.17) is 10.7 Å². The zero-order valence-corrected chi connectivity index (χ0v) is 11.5. The SMILES string of the molecule is Cc1ccccc1-n1c(C2CC2)nc2cc(N)ccc21. The van der Waals surface area contributed by atoms with Crippen molar-refractivity contribution in [1.82, 2.24) is 9.55 Å². The van der Waals surface area contributed by atoms with Gasteiger partial charge in [0.05, 0.1) is 16.7 Å². The standard InChI is InChI=1S/C17H17N3/c1-11-4-2-3-5-15(11)20-16-9-8-13(18)10-14(16)19-17(20)12-6-7-12/h2-5,8-10,12H,6-7,18H2,1H3. The molecule has 1 saturated carbocycles. The number of aromatic nitrogens is 2. The predicted molar refractivity (Wildman–Crippen MR) is 82.2 cm³/mol. The van der Waals surface area contributed by atoms with Crippen LogP contribution in [0.1, 0.15) is 30.1 Å². The second kappa shape index (κ2) is 4.10. The van der Waals surface area contributed by atoms with Gasteiger partial charge in [-0.25, -0.2) is 4.98 Å². The van der Waals surface area contributed by atoms with Gasteiger partial charge < -0.3 is 5.73 Å². The number of hydrogen-bond acceptors (Lipinski definition) is 2. The molecule has 0 bridgehead atoms. The van der Waals surface area contributed by atoms with Crippen molar-refractivity contribution < 1.29 is 0 Å². The maximum Gasteiger partial charge on any atom is 0.117 e. The van der Waals surface area contributed by atoms with Gasteiger partial charge in [-0.1, -0.05) is 18.2 Å². The summed E-state index contributed by atoms with van der Waals surface area (Å²) in [5, 5.41) is 0. The molecule has 1 aliphatic carbocycles. The van der Waals surface area contributed by atoms with Crippen molar-refractivity contribution in [3.63, 3.8) is 0 Å². The Morgan fingerprint density at radius 2 is 1.95 bits per heavy atom. The van der Waals surface area contributed by atoms with Crippen LogP contribution in [0.25, 0.3) is 16.7 Å². The van der Waals surface area contributed by atoms with Gasteiger partial charge in [-0.05, 0) is 49.6 Å². The van der Waals surface area contributed by atoms with Crippen molar-refractivity contribution in [2.45, 2.75) is 25.7 Å². The van der Waals surface area contributed by atoms with Crippen LogP contribution in [0, 0.1) is 6.92 Å². The summed E-state index contributed by atoms with van der Waals surface area (Å²) >= 11 is 0. The molecule has 20 heavy (non-hydrogen) atoms. The number of hydrogen-bond donors (Lipinski definition) is 1. The van der Waals surface area contributed by atoms with E-state index in [1.165, 1.54) is 29.9 Å². The van der Waals surface area contributed by atoms with Gasteiger partial charge in [0.15, 0.2) is 0 Å². The minimum atomic E-state index is 0.600. The van der Waals surface area contributed by atoms with Gasteiger partial charge in [0.25, 0.3) is 0 Å². The Hall–Kier alpha value is -2.29. The Labute approximate surface area is 118 Å². The fraction of sp³-hybridized carbons (Fsp3) is 0.235. The van der Waals surface area contributed by atoms with Crippen molar-refractivity contribution >= 4 is 16.7 Å². The lowest BCUT2D eigenvalue weighted by atomic mass is 10.2. The average molecular weight is 263 g/mol. The molecule has 1 fully saturated rings. The Balaban J connectivity index is 2.06. The minimum absolute atomic E-state index is 0.600. The summed E-state index contributed by atoms with van der Waals surface area (Å²) in [6, 6.07) is 14.5. The number of benzene rings is 2. The zero-order valence-electron chi connectivity index (χ0n) is 11.5. The molecule has 0 unspecified atom stereocenters. The average Bonchev–Trinajstić information content (AvgIpc) is 3.21. The molecule has 1 aromatic heterocycles. The fourth-order valence-corrected chi connectivity index (χ4v) is 2.80. The normalized spacial score (nSPS) is 14.8. The molecule has 100 valence electrons. The Kier molecular flexibility index (Phi) is 2.36. The van der Waals surface area contributed by atoms with Crippen LogP contribution in [0.15, 0.2) is 42.5 Å². The number of nitrogens with two attached hydrogens (primary N) is 1. The summed E-state index contributed by atoms with van der Waals surface area (Å²) < 4.78 is 2.31. The van der Waals surface area contributed by atoms with Gasteiger partial charge in [-0.3, -0.25) is 4.57 Å².